The van der Waals surface area contributed by atoms with Crippen LogP contribution in [-0.2, 0) is 0 Å². The minimum absolute atomic E-state index is 0.410. The van der Waals surface area contributed by atoms with Gasteiger partial charge in [0.05, 0.1) is 16.6 Å². The van der Waals surface area contributed by atoms with Crippen molar-refractivity contribution in [2.24, 2.45) is 5.73 Å². The van der Waals surface area contributed by atoms with Crippen molar-refractivity contribution in [3.63, 3.8) is 0 Å². The van der Waals surface area contributed by atoms with Gasteiger partial charge in [-0.3, -0.25) is 4.79 Å². The van der Waals surface area contributed by atoms with E-state index in [2.05, 4.69) is 10.4 Å². The van der Waals surface area contributed by atoms with Crippen molar-refractivity contribution in [2.45, 2.75) is 0 Å². The second kappa shape index (κ2) is 5.02. The summed E-state index contributed by atoms with van der Waals surface area (Å²) in [5.74, 6) is -0.491. The first-order valence-corrected chi connectivity index (χ1v) is 7.06. The van der Waals surface area contributed by atoms with E-state index < -0.39 is 5.91 Å². The summed E-state index contributed by atoms with van der Waals surface area (Å²) in [5.41, 5.74) is 8.35. The lowest BCUT2D eigenvalue weighted by molar-refractivity contribution is 0.100. The fourth-order valence-corrected chi connectivity index (χ4v) is 3.34. The van der Waals surface area contributed by atoms with Crippen molar-refractivity contribution < 1.29 is 4.79 Å². The van der Waals surface area contributed by atoms with Gasteiger partial charge in [-0.2, -0.15) is 5.10 Å². The molecular formula is C14H13N5OS. The Morgan fingerprint density at radius 3 is 3.00 bits per heavy atom. The number of benzene rings is 1. The molecule has 4 N–H and O–H groups in total. The number of anilines is 1. The van der Waals surface area contributed by atoms with Crippen LogP contribution in [-0.4, -0.2) is 28.8 Å². The fraction of sp³-hybridized carbons (Fsp3) is 0.0714. The van der Waals surface area contributed by atoms with Crippen molar-refractivity contribution in [1.29, 1.82) is 5.41 Å². The summed E-state index contributed by atoms with van der Waals surface area (Å²) in [6.07, 6.45) is 4.63. The summed E-state index contributed by atoms with van der Waals surface area (Å²) in [5, 5.41) is 14.8. The monoisotopic (exact) mass is 299 g/mol. The fourth-order valence-electron chi connectivity index (χ4n) is 2.23. The molecule has 2 aromatic heterocycles. The molecule has 0 saturated heterocycles. The van der Waals surface area contributed by atoms with Crippen molar-refractivity contribution in [1.82, 2.24) is 9.61 Å². The number of carbonyl (C=O) groups excluding carboxylic acids is 1. The van der Waals surface area contributed by atoms with Gasteiger partial charge in [-0.05, 0) is 6.07 Å². The van der Waals surface area contributed by atoms with E-state index in [0.29, 0.717) is 10.4 Å². The standard InChI is InChI=1S/C14H13N5OS/c1-17-11-4-2-3-8(9(11)5-15)12-7-19-14(21-12)10(6-18-19)13(16)20/h2-7,15,17H,1H3,(H2,16,20). The molecule has 0 radical (unpaired) electrons. The molecule has 0 bridgehead atoms. The zero-order valence-electron chi connectivity index (χ0n) is 11.3. The molecule has 6 nitrogen and oxygen atoms in total. The topological polar surface area (TPSA) is 96.3 Å². The molecule has 0 fully saturated rings. The van der Waals surface area contributed by atoms with Gasteiger partial charge < -0.3 is 16.5 Å². The van der Waals surface area contributed by atoms with Gasteiger partial charge in [-0.15, -0.1) is 11.3 Å². The van der Waals surface area contributed by atoms with Gasteiger partial charge in [0.1, 0.15) is 4.83 Å². The molecule has 0 saturated carbocycles. The molecule has 1 amide bonds. The number of hydrogen-bond donors (Lipinski definition) is 3. The molecule has 3 aromatic rings. The lowest BCUT2D eigenvalue weighted by atomic mass is 10.1. The number of rotatable bonds is 4. The number of aromatic nitrogens is 2. The number of thiazole rings is 1. The van der Waals surface area contributed by atoms with E-state index in [9.17, 15) is 4.79 Å². The van der Waals surface area contributed by atoms with Crippen LogP contribution >= 0.6 is 11.3 Å². The summed E-state index contributed by atoms with van der Waals surface area (Å²) in [6, 6.07) is 5.78. The van der Waals surface area contributed by atoms with Crippen molar-refractivity contribution in [2.75, 3.05) is 12.4 Å². The molecule has 1 aromatic carbocycles. The summed E-state index contributed by atoms with van der Waals surface area (Å²) in [6.45, 7) is 0. The van der Waals surface area contributed by atoms with E-state index >= 15 is 0 Å². The van der Waals surface area contributed by atoms with Gasteiger partial charge in [0, 0.05) is 36.3 Å². The highest BCUT2D eigenvalue weighted by Gasteiger charge is 2.15. The number of amides is 1. The van der Waals surface area contributed by atoms with Crippen LogP contribution in [0.1, 0.15) is 15.9 Å². The number of nitrogens with two attached hydrogens (primary N) is 1. The first-order chi connectivity index (χ1) is 10.2. The Kier molecular flexibility index (Phi) is 3.19. The second-order valence-electron chi connectivity index (χ2n) is 4.43. The Labute approximate surface area is 124 Å². The molecule has 0 spiro atoms. The highest BCUT2D eigenvalue weighted by atomic mass is 32.1. The third-order valence-electron chi connectivity index (χ3n) is 3.25. The van der Waals surface area contributed by atoms with E-state index in [1.807, 2.05) is 31.4 Å². The second-order valence-corrected chi connectivity index (χ2v) is 5.46. The number of carbonyl (C=O) groups is 1. The lowest BCUT2D eigenvalue weighted by Crippen LogP contribution is -2.09. The van der Waals surface area contributed by atoms with Crippen LogP contribution in [0.2, 0.25) is 0 Å². The Morgan fingerprint density at radius 1 is 1.52 bits per heavy atom. The Bertz CT molecular complexity index is 848. The van der Waals surface area contributed by atoms with Gasteiger partial charge in [0.15, 0.2) is 0 Å². The first-order valence-electron chi connectivity index (χ1n) is 6.24. The molecule has 2 heterocycles. The third kappa shape index (κ3) is 2.07. The number of nitrogens with zero attached hydrogens (tertiary/aromatic N) is 2. The average molecular weight is 299 g/mol. The maximum absolute atomic E-state index is 11.4. The van der Waals surface area contributed by atoms with Crippen molar-refractivity contribution >= 4 is 34.0 Å². The number of hydrogen-bond acceptors (Lipinski definition) is 5. The van der Waals surface area contributed by atoms with Crippen LogP contribution in [0.5, 0.6) is 0 Å². The van der Waals surface area contributed by atoms with E-state index in [0.717, 1.165) is 21.7 Å². The van der Waals surface area contributed by atoms with Crippen LogP contribution in [0.15, 0.2) is 30.6 Å². The summed E-state index contributed by atoms with van der Waals surface area (Å²) >= 11 is 1.43. The molecule has 0 aliphatic carbocycles. The molecule has 0 aliphatic rings. The predicted molar refractivity (Wildman–Crippen MR) is 84.5 cm³/mol. The summed E-state index contributed by atoms with van der Waals surface area (Å²) in [7, 11) is 1.82. The highest BCUT2D eigenvalue weighted by Crippen LogP contribution is 2.34. The van der Waals surface area contributed by atoms with Crippen LogP contribution in [0.4, 0.5) is 5.69 Å². The highest BCUT2D eigenvalue weighted by molar-refractivity contribution is 7.21. The maximum atomic E-state index is 11.4. The third-order valence-corrected chi connectivity index (χ3v) is 4.39. The normalized spacial score (nSPS) is 10.7. The molecular weight excluding hydrogens is 286 g/mol. The van der Waals surface area contributed by atoms with Gasteiger partial charge in [0.2, 0.25) is 0 Å². The number of primary amides is 1. The smallest absolute Gasteiger partial charge is 0.253 e. The Morgan fingerprint density at radius 2 is 2.33 bits per heavy atom. The molecule has 0 unspecified atom stereocenters. The van der Waals surface area contributed by atoms with E-state index in [-0.39, 0.29) is 0 Å². The first kappa shape index (κ1) is 13.3. The zero-order valence-corrected chi connectivity index (χ0v) is 12.1. The van der Waals surface area contributed by atoms with Crippen molar-refractivity contribution in [3.05, 3.63) is 41.7 Å². The zero-order chi connectivity index (χ0) is 15.0. The van der Waals surface area contributed by atoms with Crippen LogP contribution < -0.4 is 11.1 Å². The maximum Gasteiger partial charge on any atom is 0.253 e. The van der Waals surface area contributed by atoms with E-state index in [1.54, 1.807) is 4.52 Å². The van der Waals surface area contributed by atoms with E-state index in [1.165, 1.54) is 23.7 Å². The Hall–Kier alpha value is -2.67. The summed E-state index contributed by atoms with van der Waals surface area (Å²) < 4.78 is 1.64. The van der Waals surface area contributed by atoms with Crippen LogP contribution in [0.3, 0.4) is 0 Å². The van der Waals surface area contributed by atoms with Gasteiger partial charge in [-0.25, -0.2) is 4.52 Å². The van der Waals surface area contributed by atoms with Gasteiger partial charge in [-0.1, -0.05) is 12.1 Å². The molecule has 106 valence electrons. The average Bonchev–Trinajstić information content (AvgIpc) is 3.05. The minimum atomic E-state index is -0.491. The molecule has 0 aliphatic heterocycles. The van der Waals surface area contributed by atoms with Crippen molar-refractivity contribution in [3.8, 4) is 10.4 Å². The Balaban J connectivity index is 2.21. The minimum Gasteiger partial charge on any atom is -0.388 e. The quantitative estimate of drug-likeness (QED) is 0.644. The molecule has 0 atom stereocenters. The number of fused-ring (bicyclic) bond motifs is 1. The summed E-state index contributed by atoms with van der Waals surface area (Å²) in [4.78, 5) is 13.0. The van der Waals surface area contributed by atoms with Gasteiger partial charge >= 0.3 is 0 Å². The number of nitrogens with one attached hydrogen (secondary N) is 2. The largest absolute Gasteiger partial charge is 0.388 e. The van der Waals surface area contributed by atoms with E-state index in [4.69, 9.17) is 11.1 Å². The SMILES string of the molecule is CNc1cccc(-c2cn3ncc(C(N)=O)c3s2)c1C=N. The molecule has 21 heavy (non-hydrogen) atoms. The van der Waals surface area contributed by atoms with Gasteiger partial charge in [0.25, 0.3) is 5.91 Å². The molecule has 3 rings (SSSR count). The molecule has 7 heteroatoms. The lowest BCUT2D eigenvalue weighted by Gasteiger charge is -2.08. The predicted octanol–water partition coefficient (Wildman–Crippen LogP) is 2.20. The van der Waals surface area contributed by atoms with Crippen LogP contribution in [0, 0.1) is 5.41 Å². The van der Waals surface area contributed by atoms with Crippen LogP contribution in [0.25, 0.3) is 15.3 Å².